The summed E-state index contributed by atoms with van der Waals surface area (Å²) in [5.41, 5.74) is 3.19. The van der Waals surface area contributed by atoms with Gasteiger partial charge in [0.2, 0.25) is 0 Å². The van der Waals surface area contributed by atoms with Gasteiger partial charge in [-0.3, -0.25) is 0 Å². The Bertz CT molecular complexity index is 388. The molecule has 1 rings (SSSR count). The Hall–Kier alpha value is -1.33. The summed E-state index contributed by atoms with van der Waals surface area (Å²) in [6.07, 6.45) is 0. The van der Waals surface area contributed by atoms with Crippen LogP contribution in [0.5, 0.6) is 0 Å². The lowest BCUT2D eigenvalue weighted by Gasteiger charge is -2.18. The van der Waals surface area contributed by atoms with E-state index in [0.29, 0.717) is 12.0 Å². The number of aryl methyl sites for hydroxylation is 1. The van der Waals surface area contributed by atoms with Crippen LogP contribution < -0.4 is 5.32 Å². The normalized spacial score (nSPS) is 12.5. The molecule has 1 aromatic rings. The van der Waals surface area contributed by atoms with Gasteiger partial charge in [0.05, 0.1) is 11.6 Å². The van der Waals surface area contributed by atoms with Crippen LogP contribution in [0.25, 0.3) is 0 Å². The van der Waals surface area contributed by atoms with Crippen LogP contribution in [0.1, 0.15) is 37.5 Å². The van der Waals surface area contributed by atoms with Crippen molar-refractivity contribution in [3.63, 3.8) is 0 Å². The molecule has 1 N–H and O–H groups in total. The van der Waals surface area contributed by atoms with Crippen LogP contribution in [-0.2, 0) is 6.54 Å². The van der Waals surface area contributed by atoms with E-state index in [2.05, 4.69) is 39.1 Å². The highest BCUT2D eigenvalue weighted by molar-refractivity contribution is 5.37. The number of rotatable bonds is 4. The Balaban J connectivity index is 2.65. The van der Waals surface area contributed by atoms with Gasteiger partial charge >= 0.3 is 0 Å². The monoisotopic (exact) mass is 216 g/mol. The number of nitrogens with zero attached hydrogens (tertiary/aromatic N) is 1. The van der Waals surface area contributed by atoms with Crippen molar-refractivity contribution in [2.75, 3.05) is 0 Å². The van der Waals surface area contributed by atoms with Crippen LogP contribution in [0.4, 0.5) is 0 Å². The van der Waals surface area contributed by atoms with E-state index >= 15 is 0 Å². The second-order valence-electron chi connectivity index (χ2n) is 4.67. The molecule has 0 saturated carbocycles. The Morgan fingerprint density at radius 2 is 2.00 bits per heavy atom. The molecule has 0 heterocycles. The molecule has 2 nitrogen and oxygen atoms in total. The SMILES string of the molecule is Cc1cc(C#N)ccc1CNC(C)C(C)C. The third-order valence-corrected chi connectivity index (χ3v) is 3.09. The summed E-state index contributed by atoms with van der Waals surface area (Å²) in [4.78, 5) is 0. The van der Waals surface area contributed by atoms with E-state index in [1.165, 1.54) is 11.1 Å². The van der Waals surface area contributed by atoms with E-state index in [1.54, 1.807) is 0 Å². The summed E-state index contributed by atoms with van der Waals surface area (Å²) < 4.78 is 0. The molecule has 0 spiro atoms. The predicted molar refractivity (Wildman–Crippen MR) is 67.0 cm³/mol. The minimum atomic E-state index is 0.509. The standard InChI is InChI=1S/C14H20N2/c1-10(2)12(4)16-9-14-6-5-13(8-15)7-11(14)3/h5-7,10,12,16H,9H2,1-4H3. The van der Waals surface area contributed by atoms with Crippen molar-refractivity contribution in [1.29, 1.82) is 5.26 Å². The second-order valence-corrected chi connectivity index (χ2v) is 4.67. The van der Waals surface area contributed by atoms with Crippen molar-refractivity contribution in [3.8, 4) is 6.07 Å². The number of hydrogen-bond acceptors (Lipinski definition) is 2. The van der Waals surface area contributed by atoms with E-state index in [4.69, 9.17) is 5.26 Å². The van der Waals surface area contributed by atoms with Gasteiger partial charge in [-0.1, -0.05) is 19.9 Å². The van der Waals surface area contributed by atoms with Gasteiger partial charge in [0, 0.05) is 12.6 Å². The molecule has 86 valence electrons. The summed E-state index contributed by atoms with van der Waals surface area (Å²) in [5, 5.41) is 12.3. The molecule has 16 heavy (non-hydrogen) atoms. The van der Waals surface area contributed by atoms with Gasteiger partial charge in [0.1, 0.15) is 0 Å². The molecule has 0 radical (unpaired) electrons. The van der Waals surface area contributed by atoms with Gasteiger partial charge in [-0.15, -0.1) is 0 Å². The molecule has 0 saturated heterocycles. The molecule has 1 aromatic carbocycles. The maximum atomic E-state index is 8.78. The highest BCUT2D eigenvalue weighted by atomic mass is 14.9. The van der Waals surface area contributed by atoms with Crippen molar-refractivity contribution in [2.45, 2.75) is 40.3 Å². The third-order valence-electron chi connectivity index (χ3n) is 3.09. The van der Waals surface area contributed by atoms with E-state index < -0.39 is 0 Å². The van der Waals surface area contributed by atoms with Gasteiger partial charge in [-0.2, -0.15) is 5.26 Å². The lowest BCUT2D eigenvalue weighted by molar-refractivity contribution is 0.426. The average molecular weight is 216 g/mol. The van der Waals surface area contributed by atoms with E-state index in [-0.39, 0.29) is 0 Å². The summed E-state index contributed by atoms with van der Waals surface area (Å²) in [6, 6.07) is 8.52. The van der Waals surface area contributed by atoms with E-state index in [0.717, 1.165) is 12.1 Å². The molecule has 0 aliphatic rings. The van der Waals surface area contributed by atoms with Gasteiger partial charge < -0.3 is 5.32 Å². The first-order valence-corrected chi connectivity index (χ1v) is 5.77. The molecule has 1 unspecified atom stereocenters. The second kappa shape index (κ2) is 5.67. The predicted octanol–water partition coefficient (Wildman–Crippen LogP) is 3.00. The number of nitrogens with one attached hydrogen (secondary N) is 1. The molecule has 0 aromatic heterocycles. The topological polar surface area (TPSA) is 35.8 Å². The Kier molecular flexibility index (Phi) is 4.52. The van der Waals surface area contributed by atoms with Crippen molar-refractivity contribution in [3.05, 3.63) is 34.9 Å². The number of benzene rings is 1. The molecular weight excluding hydrogens is 196 g/mol. The zero-order chi connectivity index (χ0) is 12.1. The summed E-state index contributed by atoms with van der Waals surface area (Å²) in [5.74, 6) is 0.638. The van der Waals surface area contributed by atoms with Crippen LogP contribution in [0, 0.1) is 24.2 Å². The van der Waals surface area contributed by atoms with Crippen LogP contribution in [0.15, 0.2) is 18.2 Å². The molecule has 0 aliphatic heterocycles. The number of nitriles is 1. The molecule has 0 aliphatic carbocycles. The van der Waals surface area contributed by atoms with Crippen LogP contribution >= 0.6 is 0 Å². The maximum absolute atomic E-state index is 8.78. The summed E-state index contributed by atoms with van der Waals surface area (Å²) in [6.45, 7) is 9.55. The van der Waals surface area contributed by atoms with Crippen molar-refractivity contribution in [2.24, 2.45) is 5.92 Å². The fourth-order valence-corrected chi connectivity index (χ4v) is 1.47. The van der Waals surface area contributed by atoms with Crippen molar-refractivity contribution < 1.29 is 0 Å². The minimum Gasteiger partial charge on any atom is -0.310 e. The molecule has 0 amide bonds. The van der Waals surface area contributed by atoms with Crippen molar-refractivity contribution >= 4 is 0 Å². The smallest absolute Gasteiger partial charge is 0.0991 e. The Morgan fingerprint density at radius 1 is 1.31 bits per heavy atom. The summed E-state index contributed by atoms with van der Waals surface area (Å²) in [7, 11) is 0. The van der Waals surface area contributed by atoms with Crippen LogP contribution in [0.3, 0.4) is 0 Å². The maximum Gasteiger partial charge on any atom is 0.0991 e. The first kappa shape index (κ1) is 12.7. The van der Waals surface area contributed by atoms with Gasteiger partial charge in [0.15, 0.2) is 0 Å². The average Bonchev–Trinajstić information content (AvgIpc) is 2.26. The van der Waals surface area contributed by atoms with Crippen LogP contribution in [-0.4, -0.2) is 6.04 Å². The highest BCUT2D eigenvalue weighted by Gasteiger charge is 2.07. The lowest BCUT2D eigenvalue weighted by atomic mass is 10.0. The third kappa shape index (κ3) is 3.36. The highest BCUT2D eigenvalue weighted by Crippen LogP contribution is 2.11. The van der Waals surface area contributed by atoms with Gasteiger partial charge in [-0.25, -0.2) is 0 Å². The zero-order valence-corrected chi connectivity index (χ0v) is 10.5. The fourth-order valence-electron chi connectivity index (χ4n) is 1.47. The lowest BCUT2D eigenvalue weighted by Crippen LogP contribution is -2.30. The Labute approximate surface area is 98.3 Å². The van der Waals surface area contributed by atoms with Gasteiger partial charge in [-0.05, 0) is 43.0 Å². The molecule has 1 atom stereocenters. The molecule has 2 heteroatoms. The first-order chi connectivity index (χ1) is 7.54. The molecule has 0 bridgehead atoms. The minimum absolute atomic E-state index is 0.509. The quantitative estimate of drug-likeness (QED) is 0.839. The summed E-state index contributed by atoms with van der Waals surface area (Å²) >= 11 is 0. The van der Waals surface area contributed by atoms with Crippen LogP contribution in [0.2, 0.25) is 0 Å². The first-order valence-electron chi connectivity index (χ1n) is 5.77. The van der Waals surface area contributed by atoms with E-state index in [9.17, 15) is 0 Å². The molecule has 0 fully saturated rings. The molecular formula is C14H20N2. The van der Waals surface area contributed by atoms with E-state index in [1.807, 2.05) is 18.2 Å². The van der Waals surface area contributed by atoms with Crippen molar-refractivity contribution in [1.82, 2.24) is 5.32 Å². The number of hydrogen-bond donors (Lipinski definition) is 1. The Morgan fingerprint density at radius 3 is 2.50 bits per heavy atom. The fraction of sp³-hybridized carbons (Fsp3) is 0.500. The largest absolute Gasteiger partial charge is 0.310 e. The van der Waals surface area contributed by atoms with Gasteiger partial charge in [0.25, 0.3) is 0 Å². The zero-order valence-electron chi connectivity index (χ0n) is 10.5.